The zero-order valence-corrected chi connectivity index (χ0v) is 17.3. The summed E-state index contributed by atoms with van der Waals surface area (Å²) in [6, 6.07) is 1.92. The first-order valence-electron chi connectivity index (χ1n) is 7.97. The molecule has 0 aliphatic heterocycles. The van der Waals surface area contributed by atoms with Crippen LogP contribution in [-0.4, -0.2) is 53.0 Å². The van der Waals surface area contributed by atoms with Crippen molar-refractivity contribution in [1.82, 2.24) is 29.1 Å². The van der Waals surface area contributed by atoms with Gasteiger partial charge in [-0.15, -0.1) is 0 Å². The summed E-state index contributed by atoms with van der Waals surface area (Å²) in [4.78, 5) is 28.1. The Morgan fingerprint density at radius 3 is 2.28 bits per heavy atom. The number of carbonyl (C=O) groups excluding carboxylic acids is 1. The molecule has 0 spiro atoms. The molecule has 14 heteroatoms. The third-order valence-electron chi connectivity index (χ3n) is 3.63. The van der Waals surface area contributed by atoms with E-state index in [1.165, 1.54) is 24.7 Å². The second kappa shape index (κ2) is 7.67. The smallest absolute Gasteiger partial charge is 0.335 e. The lowest BCUT2D eigenvalue weighted by molar-refractivity contribution is 0.256. The Kier molecular flexibility index (Phi) is 5.44. The third-order valence-corrected chi connectivity index (χ3v) is 5.34. The molecule has 3 aromatic heterocycles. The van der Waals surface area contributed by atoms with Gasteiger partial charge in [0, 0.05) is 11.4 Å². The molecule has 0 fully saturated rings. The van der Waals surface area contributed by atoms with Crippen molar-refractivity contribution in [2.45, 2.75) is 18.9 Å². The average molecular weight is 442 g/mol. The highest BCUT2D eigenvalue weighted by Gasteiger charge is 2.28. The number of urea groups is 1. The molecular weight excluding hydrogens is 426 g/mol. The van der Waals surface area contributed by atoms with E-state index in [0.29, 0.717) is 11.4 Å². The predicted molar refractivity (Wildman–Crippen MR) is 102 cm³/mol. The van der Waals surface area contributed by atoms with Crippen LogP contribution < -0.4 is 19.5 Å². The lowest BCUT2D eigenvalue weighted by Gasteiger charge is -2.10. The lowest BCUT2D eigenvalue weighted by Crippen LogP contribution is -2.35. The first-order valence-corrected chi connectivity index (χ1v) is 9.83. The van der Waals surface area contributed by atoms with E-state index in [1.54, 1.807) is 19.9 Å². The molecule has 12 nitrogen and oxygen atoms in total. The molecule has 3 heterocycles. The van der Waals surface area contributed by atoms with Crippen molar-refractivity contribution >= 4 is 39.4 Å². The molecule has 2 amide bonds. The fourth-order valence-corrected chi connectivity index (χ4v) is 4.11. The van der Waals surface area contributed by atoms with Crippen molar-refractivity contribution in [1.29, 1.82) is 0 Å². The minimum absolute atomic E-state index is 0.0918. The molecule has 3 rings (SSSR count). The van der Waals surface area contributed by atoms with Crippen LogP contribution in [-0.2, 0) is 10.0 Å². The number of hydrogen-bond donors (Lipinski definition) is 2. The Labute approximate surface area is 170 Å². The van der Waals surface area contributed by atoms with Crippen molar-refractivity contribution in [2.24, 2.45) is 0 Å². The van der Waals surface area contributed by atoms with Gasteiger partial charge in [-0.25, -0.2) is 14.5 Å². The number of hydrogen-bond acceptors (Lipinski definition) is 9. The Hall–Kier alpha value is -3.19. The maximum atomic E-state index is 12.8. The second-order valence-electron chi connectivity index (χ2n) is 5.72. The minimum atomic E-state index is -4.41. The number of carbonyl (C=O) groups is 1. The Morgan fingerprint density at radius 2 is 1.69 bits per heavy atom. The first kappa shape index (κ1) is 20.5. The summed E-state index contributed by atoms with van der Waals surface area (Å²) in [6.07, 6.45) is 0. The van der Waals surface area contributed by atoms with Gasteiger partial charge in [0.05, 0.1) is 20.3 Å². The SMILES string of the molecule is COc1cc(OC)nc(NC(=O)NS(=O)(=O)c2c(Cl)nc3nc(C)cc(C)n23)n1. The van der Waals surface area contributed by atoms with Crippen molar-refractivity contribution in [3.05, 3.63) is 28.7 Å². The van der Waals surface area contributed by atoms with Crippen molar-refractivity contribution < 1.29 is 22.7 Å². The van der Waals surface area contributed by atoms with E-state index in [-0.39, 0.29) is 28.6 Å². The molecule has 154 valence electrons. The van der Waals surface area contributed by atoms with Gasteiger partial charge in [-0.2, -0.15) is 23.4 Å². The normalized spacial score (nSPS) is 11.3. The predicted octanol–water partition coefficient (Wildman–Crippen LogP) is 1.32. The van der Waals surface area contributed by atoms with E-state index in [9.17, 15) is 13.2 Å². The van der Waals surface area contributed by atoms with E-state index in [2.05, 4.69) is 25.3 Å². The molecule has 0 bridgehead atoms. The van der Waals surface area contributed by atoms with Gasteiger partial charge in [-0.3, -0.25) is 9.72 Å². The van der Waals surface area contributed by atoms with Crippen LogP contribution in [0, 0.1) is 13.8 Å². The number of rotatable bonds is 5. The summed E-state index contributed by atoms with van der Waals surface area (Å²) >= 11 is 6.02. The maximum Gasteiger partial charge on any atom is 0.335 e. The molecule has 0 radical (unpaired) electrons. The molecular formula is C15H16ClN7O5S. The number of aryl methyl sites for hydroxylation is 2. The van der Waals surface area contributed by atoms with Crippen LogP contribution in [0.3, 0.4) is 0 Å². The standard InChI is InChI=1S/C15H16ClN7O5S/c1-7-5-8(2)23-12(11(16)20-14(23)17-7)29(25,26)22-15(24)21-13-18-9(27-3)6-10(19-13)28-4/h5-6H,1-4H3,(H2,18,19,21,22,24). The van der Waals surface area contributed by atoms with E-state index < -0.39 is 21.1 Å². The molecule has 0 aliphatic carbocycles. The quantitative estimate of drug-likeness (QED) is 0.597. The second-order valence-corrected chi connectivity index (χ2v) is 7.67. The highest BCUT2D eigenvalue weighted by Crippen LogP contribution is 2.24. The summed E-state index contributed by atoms with van der Waals surface area (Å²) < 4.78 is 38.6. The van der Waals surface area contributed by atoms with Gasteiger partial charge in [0.15, 0.2) is 5.15 Å². The van der Waals surface area contributed by atoms with Crippen LogP contribution in [0.15, 0.2) is 17.2 Å². The number of halogens is 1. The number of anilines is 1. The van der Waals surface area contributed by atoms with E-state index >= 15 is 0 Å². The van der Waals surface area contributed by atoms with Gasteiger partial charge in [0.25, 0.3) is 10.0 Å². The third kappa shape index (κ3) is 4.14. The maximum absolute atomic E-state index is 12.8. The Balaban J connectivity index is 1.92. The number of amides is 2. The van der Waals surface area contributed by atoms with E-state index in [4.69, 9.17) is 21.1 Å². The number of sulfonamides is 1. The summed E-state index contributed by atoms with van der Waals surface area (Å²) in [5.74, 6) is 0.0783. The van der Waals surface area contributed by atoms with Gasteiger partial charge >= 0.3 is 6.03 Å². The minimum Gasteiger partial charge on any atom is -0.481 e. The van der Waals surface area contributed by atoms with Crippen LogP contribution >= 0.6 is 11.6 Å². The summed E-state index contributed by atoms with van der Waals surface area (Å²) in [7, 11) is -1.69. The number of fused-ring (bicyclic) bond motifs is 1. The van der Waals surface area contributed by atoms with Gasteiger partial charge < -0.3 is 9.47 Å². The average Bonchev–Trinajstić information content (AvgIpc) is 2.97. The van der Waals surface area contributed by atoms with Gasteiger partial charge in [0.1, 0.15) is 0 Å². The van der Waals surface area contributed by atoms with Crippen LogP contribution in [0.2, 0.25) is 5.15 Å². The van der Waals surface area contributed by atoms with E-state index in [0.717, 1.165) is 0 Å². The van der Waals surface area contributed by atoms with Crippen molar-refractivity contribution in [2.75, 3.05) is 19.5 Å². The monoisotopic (exact) mass is 441 g/mol. The van der Waals surface area contributed by atoms with Crippen LogP contribution in [0.5, 0.6) is 11.8 Å². The number of nitrogens with zero attached hydrogens (tertiary/aromatic N) is 5. The van der Waals surface area contributed by atoms with Crippen LogP contribution in [0.25, 0.3) is 5.78 Å². The largest absolute Gasteiger partial charge is 0.481 e. The van der Waals surface area contributed by atoms with Crippen LogP contribution in [0.1, 0.15) is 11.4 Å². The zero-order chi connectivity index (χ0) is 21.3. The summed E-state index contributed by atoms with van der Waals surface area (Å²) in [5.41, 5.74) is 1.16. The molecule has 0 unspecified atom stereocenters. The lowest BCUT2D eigenvalue weighted by atomic mass is 10.3. The van der Waals surface area contributed by atoms with Gasteiger partial charge in [0.2, 0.25) is 28.5 Å². The molecule has 29 heavy (non-hydrogen) atoms. The fraction of sp³-hybridized carbons (Fsp3) is 0.267. The first-order chi connectivity index (χ1) is 13.6. The molecule has 0 atom stereocenters. The summed E-state index contributed by atoms with van der Waals surface area (Å²) in [5, 5.41) is 1.45. The molecule has 0 aromatic carbocycles. The molecule has 0 saturated carbocycles. The highest BCUT2D eigenvalue weighted by atomic mass is 35.5. The highest BCUT2D eigenvalue weighted by molar-refractivity contribution is 7.90. The fourth-order valence-electron chi connectivity index (χ4n) is 2.52. The Morgan fingerprint density at radius 1 is 1.07 bits per heavy atom. The molecule has 0 saturated heterocycles. The van der Waals surface area contributed by atoms with E-state index in [1.807, 2.05) is 4.72 Å². The molecule has 2 N–H and O–H groups in total. The zero-order valence-electron chi connectivity index (χ0n) is 15.7. The molecule has 3 aromatic rings. The Bertz CT molecular complexity index is 1190. The van der Waals surface area contributed by atoms with Crippen molar-refractivity contribution in [3.8, 4) is 11.8 Å². The topological polar surface area (TPSA) is 150 Å². The number of aromatic nitrogens is 5. The van der Waals surface area contributed by atoms with Gasteiger partial charge in [-0.05, 0) is 19.9 Å². The van der Waals surface area contributed by atoms with Gasteiger partial charge in [-0.1, -0.05) is 11.6 Å². The van der Waals surface area contributed by atoms with Crippen LogP contribution in [0.4, 0.5) is 10.7 Å². The molecule has 0 aliphatic rings. The number of ether oxygens (including phenoxy) is 2. The summed E-state index contributed by atoms with van der Waals surface area (Å²) in [6.45, 7) is 3.40. The number of nitrogens with one attached hydrogen (secondary N) is 2. The number of methoxy groups -OCH3 is 2. The van der Waals surface area contributed by atoms with Crippen molar-refractivity contribution in [3.63, 3.8) is 0 Å². The number of imidazole rings is 1.